The average Bonchev–Trinajstić information content (AvgIpc) is 2.27. The zero-order chi connectivity index (χ0) is 12.3. The van der Waals surface area contributed by atoms with Crippen LogP contribution in [0.1, 0.15) is 24.7 Å². The minimum Gasteiger partial charge on any atom is -0.469 e. The predicted octanol–water partition coefficient (Wildman–Crippen LogP) is 0.801. The van der Waals surface area contributed by atoms with Crippen molar-refractivity contribution in [2.45, 2.75) is 32.8 Å². The van der Waals surface area contributed by atoms with Gasteiger partial charge in [0.05, 0.1) is 18.8 Å². The van der Waals surface area contributed by atoms with Crippen molar-refractivity contribution in [1.29, 1.82) is 0 Å². The number of aromatic nitrogens is 2. The Bertz CT molecular complexity index is 393. The molecule has 0 bridgehead atoms. The van der Waals surface area contributed by atoms with Gasteiger partial charge in [0.15, 0.2) is 0 Å². The summed E-state index contributed by atoms with van der Waals surface area (Å²) in [7, 11) is 0. The van der Waals surface area contributed by atoms with Gasteiger partial charge in [0, 0.05) is 6.42 Å². The SMILES string of the molecule is CCCc1nc(NN)c(C)c(OC2COC2)n1. The van der Waals surface area contributed by atoms with Gasteiger partial charge in [0.1, 0.15) is 17.7 Å². The molecule has 1 fully saturated rings. The van der Waals surface area contributed by atoms with E-state index < -0.39 is 0 Å². The molecule has 0 saturated carbocycles. The van der Waals surface area contributed by atoms with Crippen LogP contribution in [-0.4, -0.2) is 29.3 Å². The Kier molecular flexibility index (Phi) is 3.75. The van der Waals surface area contributed by atoms with Crippen LogP contribution in [0.25, 0.3) is 0 Å². The monoisotopic (exact) mass is 238 g/mol. The molecule has 0 aliphatic carbocycles. The second-order valence-corrected chi connectivity index (χ2v) is 4.09. The van der Waals surface area contributed by atoms with E-state index in [1.807, 2.05) is 6.92 Å². The first-order valence-corrected chi connectivity index (χ1v) is 5.83. The van der Waals surface area contributed by atoms with Crippen molar-refractivity contribution >= 4 is 5.82 Å². The van der Waals surface area contributed by atoms with E-state index in [1.165, 1.54) is 0 Å². The summed E-state index contributed by atoms with van der Waals surface area (Å²) in [5.41, 5.74) is 3.41. The number of ether oxygens (including phenoxy) is 2. The fourth-order valence-corrected chi connectivity index (χ4v) is 1.57. The van der Waals surface area contributed by atoms with Crippen LogP contribution in [0.4, 0.5) is 5.82 Å². The minimum atomic E-state index is 0.101. The molecule has 1 saturated heterocycles. The number of hydrazine groups is 1. The third-order valence-electron chi connectivity index (χ3n) is 2.64. The van der Waals surface area contributed by atoms with Crippen LogP contribution in [0, 0.1) is 6.92 Å². The average molecular weight is 238 g/mol. The van der Waals surface area contributed by atoms with Crippen molar-refractivity contribution in [1.82, 2.24) is 9.97 Å². The van der Waals surface area contributed by atoms with E-state index in [9.17, 15) is 0 Å². The van der Waals surface area contributed by atoms with E-state index >= 15 is 0 Å². The number of nitrogen functional groups attached to an aromatic ring is 1. The molecular weight excluding hydrogens is 220 g/mol. The van der Waals surface area contributed by atoms with Crippen molar-refractivity contribution in [3.05, 3.63) is 11.4 Å². The molecule has 0 amide bonds. The van der Waals surface area contributed by atoms with Crippen molar-refractivity contribution in [3.63, 3.8) is 0 Å². The van der Waals surface area contributed by atoms with Crippen LogP contribution < -0.4 is 16.0 Å². The van der Waals surface area contributed by atoms with Crippen molar-refractivity contribution in [2.24, 2.45) is 5.84 Å². The van der Waals surface area contributed by atoms with Crippen molar-refractivity contribution in [2.75, 3.05) is 18.6 Å². The molecule has 2 heterocycles. The van der Waals surface area contributed by atoms with Crippen molar-refractivity contribution in [3.8, 4) is 5.88 Å². The fraction of sp³-hybridized carbons (Fsp3) is 0.636. The summed E-state index contributed by atoms with van der Waals surface area (Å²) in [6.07, 6.45) is 1.90. The minimum absolute atomic E-state index is 0.101. The number of nitrogens with two attached hydrogens (primary N) is 1. The predicted molar refractivity (Wildman–Crippen MR) is 63.8 cm³/mol. The smallest absolute Gasteiger partial charge is 0.222 e. The van der Waals surface area contributed by atoms with E-state index in [1.54, 1.807) is 0 Å². The maximum absolute atomic E-state index is 5.74. The van der Waals surface area contributed by atoms with E-state index in [-0.39, 0.29) is 6.10 Å². The van der Waals surface area contributed by atoms with Crippen molar-refractivity contribution < 1.29 is 9.47 Å². The highest BCUT2D eigenvalue weighted by atomic mass is 16.6. The normalized spacial score (nSPS) is 15.5. The van der Waals surface area contributed by atoms with Gasteiger partial charge in [-0.1, -0.05) is 6.92 Å². The summed E-state index contributed by atoms with van der Waals surface area (Å²) < 4.78 is 10.8. The first-order chi connectivity index (χ1) is 8.24. The highest BCUT2D eigenvalue weighted by Gasteiger charge is 2.22. The fourth-order valence-electron chi connectivity index (χ4n) is 1.57. The van der Waals surface area contributed by atoms with Crippen LogP contribution >= 0.6 is 0 Å². The molecule has 17 heavy (non-hydrogen) atoms. The zero-order valence-electron chi connectivity index (χ0n) is 10.2. The summed E-state index contributed by atoms with van der Waals surface area (Å²) in [6.45, 7) is 5.22. The van der Waals surface area contributed by atoms with Gasteiger partial charge in [0.25, 0.3) is 0 Å². The van der Waals surface area contributed by atoms with Gasteiger partial charge in [-0.25, -0.2) is 10.8 Å². The molecule has 1 aliphatic rings. The van der Waals surface area contributed by atoms with Crippen LogP contribution in [0.3, 0.4) is 0 Å². The molecule has 0 radical (unpaired) electrons. The Morgan fingerprint density at radius 1 is 1.47 bits per heavy atom. The summed E-state index contributed by atoms with van der Waals surface area (Å²) >= 11 is 0. The number of nitrogens with one attached hydrogen (secondary N) is 1. The quantitative estimate of drug-likeness (QED) is 0.583. The van der Waals surface area contributed by atoms with Crippen LogP contribution in [0.5, 0.6) is 5.88 Å². The lowest BCUT2D eigenvalue weighted by Gasteiger charge is -2.27. The molecule has 1 aromatic heterocycles. The summed E-state index contributed by atoms with van der Waals surface area (Å²) in [6, 6.07) is 0. The van der Waals surface area contributed by atoms with E-state index in [2.05, 4.69) is 22.3 Å². The number of anilines is 1. The molecule has 0 unspecified atom stereocenters. The topological polar surface area (TPSA) is 82.3 Å². The molecule has 94 valence electrons. The standard InChI is InChI=1S/C11H18N4O2/c1-3-4-9-13-10(15-12)7(2)11(14-9)17-8-5-16-6-8/h8H,3-6,12H2,1-2H3,(H,13,14,15). The molecule has 0 spiro atoms. The number of hydrogen-bond acceptors (Lipinski definition) is 6. The Morgan fingerprint density at radius 2 is 2.24 bits per heavy atom. The summed E-state index contributed by atoms with van der Waals surface area (Å²) in [5, 5.41) is 0. The van der Waals surface area contributed by atoms with Crippen LogP contribution in [0.15, 0.2) is 0 Å². The van der Waals surface area contributed by atoms with Gasteiger partial charge in [-0.15, -0.1) is 0 Å². The molecule has 2 rings (SSSR count). The van der Waals surface area contributed by atoms with Gasteiger partial charge in [-0.2, -0.15) is 4.98 Å². The lowest BCUT2D eigenvalue weighted by molar-refractivity contribution is -0.0816. The summed E-state index contributed by atoms with van der Waals surface area (Å²) in [5.74, 6) is 7.42. The van der Waals surface area contributed by atoms with E-state index in [0.29, 0.717) is 24.9 Å². The number of hydrogen-bond donors (Lipinski definition) is 2. The highest BCUT2D eigenvalue weighted by molar-refractivity contribution is 5.47. The van der Waals surface area contributed by atoms with Gasteiger partial charge in [0.2, 0.25) is 5.88 Å². The Balaban J connectivity index is 2.23. The molecule has 6 nitrogen and oxygen atoms in total. The Morgan fingerprint density at radius 3 is 2.76 bits per heavy atom. The largest absolute Gasteiger partial charge is 0.469 e. The zero-order valence-corrected chi connectivity index (χ0v) is 10.2. The Hall–Kier alpha value is -1.40. The molecule has 0 atom stereocenters. The maximum atomic E-state index is 5.74. The van der Waals surface area contributed by atoms with Gasteiger partial charge >= 0.3 is 0 Å². The molecule has 6 heteroatoms. The Labute approximate surface area is 101 Å². The van der Waals surface area contributed by atoms with Crippen LogP contribution in [-0.2, 0) is 11.2 Å². The first kappa shape index (κ1) is 12.1. The first-order valence-electron chi connectivity index (χ1n) is 5.83. The number of aryl methyl sites for hydroxylation is 1. The highest BCUT2D eigenvalue weighted by Crippen LogP contribution is 2.24. The van der Waals surface area contributed by atoms with Gasteiger partial charge < -0.3 is 14.9 Å². The van der Waals surface area contributed by atoms with Crippen LogP contribution in [0.2, 0.25) is 0 Å². The van der Waals surface area contributed by atoms with E-state index in [4.69, 9.17) is 15.3 Å². The lowest BCUT2D eigenvalue weighted by Crippen LogP contribution is -2.39. The molecule has 1 aromatic rings. The molecule has 0 aromatic carbocycles. The van der Waals surface area contributed by atoms with Gasteiger partial charge in [-0.3, -0.25) is 0 Å². The van der Waals surface area contributed by atoms with E-state index in [0.717, 1.165) is 24.2 Å². The molecular formula is C11H18N4O2. The second-order valence-electron chi connectivity index (χ2n) is 4.09. The third-order valence-corrected chi connectivity index (χ3v) is 2.64. The lowest BCUT2D eigenvalue weighted by atomic mass is 10.2. The summed E-state index contributed by atoms with van der Waals surface area (Å²) in [4.78, 5) is 8.74. The molecule has 3 N–H and O–H groups in total. The number of rotatable bonds is 5. The maximum Gasteiger partial charge on any atom is 0.222 e. The molecule has 1 aliphatic heterocycles. The van der Waals surface area contributed by atoms with Gasteiger partial charge in [-0.05, 0) is 13.3 Å². The number of nitrogens with zero attached hydrogens (tertiary/aromatic N) is 2. The third kappa shape index (κ3) is 2.65. The second kappa shape index (κ2) is 5.29.